The van der Waals surface area contributed by atoms with E-state index in [1.54, 1.807) is 6.26 Å². The molecule has 0 fully saturated rings. The summed E-state index contributed by atoms with van der Waals surface area (Å²) in [6.45, 7) is 0.422. The van der Waals surface area contributed by atoms with Crippen LogP contribution in [0.15, 0.2) is 58.7 Å². The minimum absolute atomic E-state index is 0.0225. The predicted octanol–water partition coefficient (Wildman–Crippen LogP) is 4.38. The van der Waals surface area contributed by atoms with Crippen LogP contribution in [0.3, 0.4) is 0 Å². The maximum Gasteiger partial charge on any atom is 0.419 e. The first-order valence-corrected chi connectivity index (χ1v) is 13.3. The van der Waals surface area contributed by atoms with Crippen LogP contribution in [0, 0.1) is 0 Å². The van der Waals surface area contributed by atoms with Crippen LogP contribution in [0.4, 0.5) is 13.2 Å². The summed E-state index contributed by atoms with van der Waals surface area (Å²) >= 11 is 1.10. The zero-order valence-corrected chi connectivity index (χ0v) is 21.3. The zero-order valence-electron chi connectivity index (χ0n) is 19.6. The molecule has 0 radical (unpaired) electrons. The topological polar surface area (TPSA) is 119 Å². The number of benzene rings is 2. The van der Waals surface area contributed by atoms with Crippen LogP contribution in [0.2, 0.25) is 0 Å². The Hall–Kier alpha value is -2.05. The molecule has 0 bridgehead atoms. The molecule has 0 heterocycles. The fraction of sp³-hybridized carbons (Fsp3) is 0.391. The van der Waals surface area contributed by atoms with Crippen molar-refractivity contribution in [2.45, 2.75) is 25.1 Å². The van der Waals surface area contributed by atoms with Crippen LogP contribution in [0.5, 0.6) is 5.75 Å². The van der Waals surface area contributed by atoms with Gasteiger partial charge < -0.3 is 29.5 Å². The van der Waals surface area contributed by atoms with E-state index < -0.39 is 26.4 Å². The highest BCUT2D eigenvalue weighted by molar-refractivity contribution is 8.13. The highest BCUT2D eigenvalue weighted by Crippen LogP contribution is 2.37. The zero-order chi connectivity index (χ0) is 26.4. The van der Waals surface area contributed by atoms with Gasteiger partial charge >= 0.3 is 14.8 Å². The number of hydrogen-bond acceptors (Lipinski definition) is 9. The Morgan fingerprint density at radius 3 is 2.56 bits per heavy atom. The molecule has 1 unspecified atom stereocenters. The Morgan fingerprint density at radius 2 is 1.89 bits per heavy atom. The molecule has 0 aliphatic rings. The van der Waals surface area contributed by atoms with E-state index in [1.807, 2.05) is 30.3 Å². The van der Waals surface area contributed by atoms with Gasteiger partial charge in [0, 0.05) is 18.4 Å². The van der Waals surface area contributed by atoms with Crippen LogP contribution in [0.25, 0.3) is 0 Å². The first-order chi connectivity index (χ1) is 17.2. The van der Waals surface area contributed by atoms with Crippen molar-refractivity contribution in [2.24, 2.45) is 15.9 Å². The standard InChI is InChI=1S/C23H29F3N3O5PS/c1-36-22(29-28-15-19(27)16-34-35(30)31)18-9-10-21(20(14-18)23(24,25)26)33-13-12-32-11-5-8-17-6-3-2-4-7-17/h2-4,6-7,9-10,14-15,19,30-31H,5,8,11-13,16,27H2,1H3/b28-15+,29-22-. The van der Waals surface area contributed by atoms with E-state index in [1.165, 1.54) is 23.9 Å². The molecular weight excluding hydrogens is 518 g/mol. The number of nitrogens with zero attached hydrogens (tertiary/aromatic N) is 2. The van der Waals surface area contributed by atoms with E-state index in [-0.39, 0.29) is 36.2 Å². The van der Waals surface area contributed by atoms with Crippen LogP contribution in [-0.4, -0.2) is 59.8 Å². The third-order valence-corrected chi connectivity index (χ3v) is 5.68. The monoisotopic (exact) mass is 547 g/mol. The summed E-state index contributed by atoms with van der Waals surface area (Å²) in [6, 6.07) is 12.8. The molecule has 0 saturated carbocycles. The number of aryl methyl sites for hydroxylation is 1. The van der Waals surface area contributed by atoms with Crippen LogP contribution in [-0.2, 0) is 21.9 Å². The average Bonchev–Trinajstić information content (AvgIpc) is 2.85. The summed E-state index contributed by atoms with van der Waals surface area (Å²) in [4.78, 5) is 17.4. The smallest absolute Gasteiger partial charge is 0.419 e. The second kappa shape index (κ2) is 15.9. The van der Waals surface area contributed by atoms with Gasteiger partial charge in [0.2, 0.25) is 0 Å². The summed E-state index contributed by atoms with van der Waals surface area (Å²) < 4.78 is 56.5. The molecule has 0 aliphatic carbocycles. The van der Waals surface area contributed by atoms with Crippen molar-refractivity contribution in [2.75, 3.05) is 32.7 Å². The molecular formula is C23H29F3N3O5PS. The SMILES string of the molecule is CS/C(=N\N=C\C(N)COP(O)O)c1ccc(OCCOCCCc2ccccc2)c(C(F)(F)F)c1. The molecule has 0 saturated heterocycles. The third-order valence-electron chi connectivity index (χ3n) is 4.60. The maximum atomic E-state index is 13.7. The molecule has 1 atom stereocenters. The van der Waals surface area contributed by atoms with Gasteiger partial charge in [0.25, 0.3) is 0 Å². The first kappa shape index (κ1) is 30.2. The van der Waals surface area contributed by atoms with E-state index in [9.17, 15) is 13.2 Å². The summed E-state index contributed by atoms with van der Waals surface area (Å²) in [6.07, 6.45) is -0.141. The van der Waals surface area contributed by atoms with Gasteiger partial charge in [0.15, 0.2) is 0 Å². The lowest BCUT2D eigenvalue weighted by molar-refractivity contribution is -0.139. The Kier molecular flexibility index (Phi) is 13.4. The van der Waals surface area contributed by atoms with Crippen molar-refractivity contribution < 1.29 is 37.0 Å². The summed E-state index contributed by atoms with van der Waals surface area (Å²) in [5, 5.41) is 7.92. The molecule has 8 nitrogen and oxygen atoms in total. The Balaban J connectivity index is 1.93. The van der Waals surface area contributed by atoms with Gasteiger partial charge in [-0.25, -0.2) is 0 Å². The van der Waals surface area contributed by atoms with E-state index in [4.69, 9.17) is 25.0 Å². The number of halogens is 3. The van der Waals surface area contributed by atoms with Gasteiger partial charge in [-0.2, -0.15) is 18.3 Å². The average molecular weight is 548 g/mol. The highest BCUT2D eigenvalue weighted by Gasteiger charge is 2.35. The van der Waals surface area contributed by atoms with Gasteiger partial charge in [0.05, 0.1) is 24.8 Å². The van der Waals surface area contributed by atoms with Crippen molar-refractivity contribution in [1.82, 2.24) is 0 Å². The van der Waals surface area contributed by atoms with Gasteiger partial charge in [-0.05, 0) is 42.9 Å². The van der Waals surface area contributed by atoms with Crippen LogP contribution in [0.1, 0.15) is 23.1 Å². The van der Waals surface area contributed by atoms with E-state index in [2.05, 4.69) is 14.7 Å². The summed E-state index contributed by atoms with van der Waals surface area (Å²) in [7, 11) is -2.54. The minimum atomic E-state index is -4.64. The van der Waals surface area contributed by atoms with Gasteiger partial charge in [0.1, 0.15) is 17.4 Å². The van der Waals surface area contributed by atoms with Gasteiger partial charge in [-0.15, -0.1) is 16.9 Å². The fourth-order valence-electron chi connectivity index (χ4n) is 2.93. The number of hydrogen-bond donors (Lipinski definition) is 3. The quantitative estimate of drug-likeness (QED) is 0.106. The third kappa shape index (κ3) is 11.3. The molecule has 0 aliphatic heterocycles. The molecule has 4 N–H and O–H groups in total. The lowest BCUT2D eigenvalue weighted by atomic mass is 10.1. The molecule has 2 aromatic rings. The molecule has 36 heavy (non-hydrogen) atoms. The maximum absolute atomic E-state index is 13.7. The highest BCUT2D eigenvalue weighted by atomic mass is 32.2. The van der Waals surface area contributed by atoms with Crippen molar-refractivity contribution >= 4 is 31.6 Å². The second-order valence-corrected chi connectivity index (χ2v) is 8.90. The number of rotatable bonds is 14. The number of nitrogens with two attached hydrogens (primary N) is 1. The van der Waals surface area contributed by atoms with Crippen molar-refractivity contribution in [3.63, 3.8) is 0 Å². The minimum Gasteiger partial charge on any atom is -0.491 e. The lowest BCUT2D eigenvalue weighted by Gasteiger charge is -2.15. The molecule has 13 heteroatoms. The predicted molar refractivity (Wildman–Crippen MR) is 136 cm³/mol. The molecule has 198 valence electrons. The summed E-state index contributed by atoms with van der Waals surface area (Å²) in [5.41, 5.74) is 6.14. The molecule has 2 rings (SSSR count). The Labute approximate surface area is 213 Å². The van der Waals surface area contributed by atoms with Crippen molar-refractivity contribution in [3.8, 4) is 5.75 Å². The van der Waals surface area contributed by atoms with Crippen molar-refractivity contribution in [1.29, 1.82) is 0 Å². The largest absolute Gasteiger partial charge is 0.491 e. The first-order valence-electron chi connectivity index (χ1n) is 10.9. The normalized spacial score (nSPS) is 13.5. The van der Waals surface area contributed by atoms with Gasteiger partial charge in [-0.1, -0.05) is 30.3 Å². The van der Waals surface area contributed by atoms with Crippen LogP contribution >= 0.6 is 20.4 Å². The molecule has 0 spiro atoms. The Bertz CT molecular complexity index is 981. The van der Waals surface area contributed by atoms with Gasteiger partial charge in [-0.3, -0.25) is 0 Å². The van der Waals surface area contributed by atoms with E-state index in [0.717, 1.165) is 30.7 Å². The van der Waals surface area contributed by atoms with Crippen LogP contribution < -0.4 is 10.5 Å². The molecule has 2 aromatic carbocycles. The number of alkyl halides is 3. The fourth-order valence-corrected chi connectivity index (χ4v) is 3.73. The summed E-state index contributed by atoms with van der Waals surface area (Å²) in [5.74, 6) is -0.299. The van der Waals surface area contributed by atoms with Crippen molar-refractivity contribution in [3.05, 3.63) is 65.2 Å². The van der Waals surface area contributed by atoms with E-state index >= 15 is 0 Å². The molecule has 0 amide bonds. The molecule has 0 aromatic heterocycles. The number of ether oxygens (including phenoxy) is 2. The Morgan fingerprint density at radius 1 is 1.14 bits per heavy atom. The number of thioether (sulfide) groups is 1. The van der Waals surface area contributed by atoms with E-state index in [0.29, 0.717) is 6.61 Å². The second-order valence-electron chi connectivity index (χ2n) is 7.34. The lowest BCUT2D eigenvalue weighted by Crippen LogP contribution is -2.26.